The number of carbonyl (C=O) groups is 1. The zero-order chi connectivity index (χ0) is 14.4. The number of carboxylic acid groups (broad SMARTS) is 1. The normalized spacial score (nSPS) is 24.5. The van der Waals surface area contributed by atoms with Gasteiger partial charge in [0.25, 0.3) is 0 Å². The summed E-state index contributed by atoms with van der Waals surface area (Å²) >= 11 is 0. The predicted molar refractivity (Wildman–Crippen MR) is 87.8 cm³/mol. The number of nitrogens with one attached hydrogen (secondary N) is 1. The third kappa shape index (κ3) is 2.24. The minimum atomic E-state index is -0.931. The molecule has 1 aliphatic heterocycles. The van der Waals surface area contributed by atoms with Crippen LogP contribution < -0.4 is 5.32 Å². The van der Waals surface area contributed by atoms with Crippen LogP contribution in [0.2, 0.25) is 0 Å². The average Bonchev–Trinajstić information content (AvgIpc) is 2.88. The monoisotopic (exact) mass is 316 g/mol. The summed E-state index contributed by atoms with van der Waals surface area (Å²) in [5.41, 5.74) is 4.66. The minimum absolute atomic E-state index is 0. The molecule has 4 rings (SSSR count). The summed E-state index contributed by atoms with van der Waals surface area (Å²) in [6.07, 6.45) is 12.1. The van der Waals surface area contributed by atoms with Crippen molar-refractivity contribution in [2.75, 3.05) is 6.54 Å². The molecular weight excluding hydrogens is 300 g/mol. The molecular formula is C17H17ClN2O2. The maximum atomic E-state index is 11.1. The molecule has 114 valence electrons. The molecule has 0 bridgehead atoms. The van der Waals surface area contributed by atoms with Crippen molar-refractivity contribution in [3.63, 3.8) is 0 Å². The van der Waals surface area contributed by atoms with Gasteiger partial charge >= 0.3 is 5.97 Å². The van der Waals surface area contributed by atoms with Crippen LogP contribution >= 0.6 is 12.4 Å². The lowest BCUT2D eigenvalue weighted by Crippen LogP contribution is -2.20. The number of fused-ring (bicyclic) bond motifs is 5. The molecule has 4 nitrogen and oxygen atoms in total. The molecule has 2 heterocycles. The molecule has 2 N–H and O–H groups in total. The summed E-state index contributed by atoms with van der Waals surface area (Å²) in [6, 6.07) is 1.72. The molecule has 3 aliphatic rings. The maximum absolute atomic E-state index is 11.1. The first-order chi connectivity index (χ1) is 10.2. The number of carboxylic acids is 1. The zero-order valence-electron chi connectivity index (χ0n) is 12.0. The average molecular weight is 317 g/mol. The van der Waals surface area contributed by atoms with Crippen LogP contribution in [-0.4, -0.2) is 22.6 Å². The van der Waals surface area contributed by atoms with Crippen LogP contribution in [0.3, 0.4) is 0 Å². The fourth-order valence-electron chi connectivity index (χ4n) is 3.63. The number of halogens is 1. The van der Waals surface area contributed by atoms with Crippen LogP contribution in [0.5, 0.6) is 0 Å². The van der Waals surface area contributed by atoms with Crippen molar-refractivity contribution in [1.29, 1.82) is 0 Å². The van der Waals surface area contributed by atoms with Crippen molar-refractivity contribution in [1.82, 2.24) is 10.3 Å². The van der Waals surface area contributed by atoms with Gasteiger partial charge in [-0.1, -0.05) is 18.2 Å². The molecule has 0 saturated carbocycles. The molecule has 2 unspecified atom stereocenters. The van der Waals surface area contributed by atoms with Gasteiger partial charge < -0.3 is 10.4 Å². The molecule has 0 spiro atoms. The van der Waals surface area contributed by atoms with Crippen molar-refractivity contribution in [3.05, 3.63) is 53.0 Å². The predicted octanol–water partition coefficient (Wildman–Crippen LogP) is 3.13. The van der Waals surface area contributed by atoms with E-state index in [4.69, 9.17) is 5.11 Å². The van der Waals surface area contributed by atoms with Gasteiger partial charge in [-0.05, 0) is 36.5 Å². The van der Waals surface area contributed by atoms with Crippen LogP contribution in [0.15, 0.2) is 36.2 Å². The van der Waals surface area contributed by atoms with Gasteiger partial charge in [-0.15, -0.1) is 12.4 Å². The Kier molecular flexibility index (Phi) is 3.79. The van der Waals surface area contributed by atoms with Crippen molar-refractivity contribution in [2.24, 2.45) is 11.8 Å². The zero-order valence-corrected chi connectivity index (χ0v) is 12.8. The molecule has 1 aromatic rings. The number of hydrogen-bond donors (Lipinski definition) is 2. The molecule has 0 aromatic carbocycles. The maximum Gasteiger partial charge on any atom is 0.337 e. The quantitative estimate of drug-likeness (QED) is 0.835. The molecule has 2 aliphatic carbocycles. The lowest BCUT2D eigenvalue weighted by Gasteiger charge is -2.28. The molecule has 5 heteroatoms. The van der Waals surface area contributed by atoms with Gasteiger partial charge in [-0.2, -0.15) is 0 Å². The first kappa shape index (κ1) is 14.9. The van der Waals surface area contributed by atoms with Gasteiger partial charge in [-0.25, -0.2) is 4.79 Å². The number of allylic oxidation sites excluding steroid dienone is 5. The molecule has 1 aromatic heterocycles. The SMILES string of the molecule is Cl.O=C(O)c1cnc2c(c1)C=CCC1C2=CC=C2NCCC21. The van der Waals surface area contributed by atoms with Crippen molar-refractivity contribution in [2.45, 2.75) is 12.8 Å². The minimum Gasteiger partial charge on any atom is -0.478 e. The molecule has 2 atom stereocenters. The summed E-state index contributed by atoms with van der Waals surface area (Å²) in [5, 5.41) is 12.6. The number of nitrogens with zero attached hydrogens (tertiary/aromatic N) is 1. The van der Waals surface area contributed by atoms with Gasteiger partial charge in [-0.3, -0.25) is 4.98 Å². The number of aromatic carboxylic acids is 1. The summed E-state index contributed by atoms with van der Waals surface area (Å²) in [6.45, 7) is 1.04. The Labute approximate surface area is 135 Å². The fourth-order valence-corrected chi connectivity index (χ4v) is 3.63. The van der Waals surface area contributed by atoms with Gasteiger partial charge in [0.05, 0.1) is 11.3 Å². The van der Waals surface area contributed by atoms with Crippen molar-refractivity contribution in [3.8, 4) is 0 Å². The number of pyridine rings is 1. The van der Waals surface area contributed by atoms with E-state index in [0.29, 0.717) is 11.8 Å². The third-order valence-electron chi connectivity index (χ3n) is 4.64. The summed E-state index contributed by atoms with van der Waals surface area (Å²) < 4.78 is 0. The second-order valence-electron chi connectivity index (χ2n) is 5.78. The Morgan fingerprint density at radius 2 is 2.18 bits per heavy atom. The smallest absolute Gasteiger partial charge is 0.337 e. The first-order valence-electron chi connectivity index (χ1n) is 7.30. The standard InChI is InChI=1S/C17H16N2O2.ClH/c20-17(21)11-8-10-2-1-3-12-13-6-7-18-15(13)5-4-14(12)16(10)19-9-11;/h1-2,4-5,8-9,12-13,18H,3,6-7H2,(H,20,21);1H. The molecule has 22 heavy (non-hydrogen) atoms. The Morgan fingerprint density at radius 3 is 3.00 bits per heavy atom. The Morgan fingerprint density at radius 1 is 1.32 bits per heavy atom. The van der Waals surface area contributed by atoms with Crippen LogP contribution in [0, 0.1) is 11.8 Å². The van der Waals surface area contributed by atoms with Crippen molar-refractivity contribution < 1.29 is 9.90 Å². The van der Waals surface area contributed by atoms with E-state index in [-0.39, 0.29) is 18.0 Å². The lowest BCUT2D eigenvalue weighted by molar-refractivity contribution is 0.0696. The van der Waals surface area contributed by atoms with Crippen LogP contribution in [0.25, 0.3) is 11.6 Å². The number of rotatable bonds is 1. The van der Waals surface area contributed by atoms with E-state index in [1.165, 1.54) is 17.5 Å². The first-order valence-corrected chi connectivity index (χ1v) is 7.30. The van der Waals surface area contributed by atoms with Gasteiger partial charge in [0.1, 0.15) is 0 Å². The second kappa shape index (κ2) is 5.61. The Bertz CT molecular complexity index is 721. The fraction of sp³-hybridized carbons (Fsp3) is 0.294. The van der Waals surface area contributed by atoms with Gasteiger partial charge in [0.15, 0.2) is 0 Å². The Balaban J connectivity index is 0.00000144. The summed E-state index contributed by atoms with van der Waals surface area (Å²) in [4.78, 5) is 15.6. The summed E-state index contributed by atoms with van der Waals surface area (Å²) in [7, 11) is 0. The highest BCUT2D eigenvalue weighted by molar-refractivity contribution is 5.89. The highest BCUT2D eigenvalue weighted by Gasteiger charge is 2.35. The highest BCUT2D eigenvalue weighted by Crippen LogP contribution is 2.44. The number of aromatic nitrogens is 1. The van der Waals surface area contributed by atoms with E-state index < -0.39 is 5.97 Å². The van der Waals surface area contributed by atoms with Gasteiger partial charge in [0, 0.05) is 29.9 Å². The van der Waals surface area contributed by atoms with E-state index in [1.807, 2.05) is 6.08 Å². The van der Waals surface area contributed by atoms with E-state index >= 15 is 0 Å². The second-order valence-corrected chi connectivity index (χ2v) is 5.78. The lowest BCUT2D eigenvalue weighted by atomic mass is 9.77. The van der Waals surface area contributed by atoms with E-state index in [1.54, 1.807) is 6.07 Å². The highest BCUT2D eigenvalue weighted by atomic mass is 35.5. The Hall–Kier alpha value is -2.07. The van der Waals surface area contributed by atoms with E-state index in [0.717, 1.165) is 30.6 Å². The largest absolute Gasteiger partial charge is 0.478 e. The van der Waals surface area contributed by atoms with E-state index in [9.17, 15) is 4.79 Å². The van der Waals surface area contributed by atoms with Crippen LogP contribution in [0.4, 0.5) is 0 Å². The van der Waals surface area contributed by atoms with Crippen LogP contribution in [0.1, 0.15) is 34.5 Å². The molecule has 1 fully saturated rings. The van der Waals surface area contributed by atoms with Crippen molar-refractivity contribution >= 4 is 30.0 Å². The number of hydrogen-bond acceptors (Lipinski definition) is 3. The molecule has 1 saturated heterocycles. The third-order valence-corrected chi connectivity index (χ3v) is 4.64. The van der Waals surface area contributed by atoms with E-state index in [2.05, 4.69) is 28.5 Å². The molecule has 0 amide bonds. The topological polar surface area (TPSA) is 62.2 Å². The molecule has 0 radical (unpaired) electrons. The van der Waals surface area contributed by atoms with Crippen LogP contribution in [-0.2, 0) is 0 Å². The van der Waals surface area contributed by atoms with Gasteiger partial charge in [0.2, 0.25) is 0 Å². The summed E-state index contributed by atoms with van der Waals surface area (Å²) in [5.74, 6) is 0.0570.